The third kappa shape index (κ3) is 2.74. The van der Waals surface area contributed by atoms with E-state index >= 15 is 0 Å². The normalized spacial score (nSPS) is 10.7. The lowest BCUT2D eigenvalue weighted by atomic mass is 10.1. The van der Waals surface area contributed by atoms with E-state index in [-0.39, 0.29) is 0 Å². The Balaban J connectivity index is 1.88. The van der Waals surface area contributed by atoms with E-state index in [0.29, 0.717) is 0 Å². The van der Waals surface area contributed by atoms with Crippen LogP contribution in [-0.2, 0) is 0 Å². The molecule has 0 aliphatic heterocycles. The molecule has 4 rings (SSSR count). The Hall–Kier alpha value is -3.13. The maximum atomic E-state index is 4.83. The molecule has 0 unspecified atom stereocenters. The lowest BCUT2D eigenvalue weighted by Gasteiger charge is -2.14. The second kappa shape index (κ2) is 6.17. The Morgan fingerprint density at radius 1 is 0.708 bits per heavy atom. The molecule has 0 fully saturated rings. The molecule has 1 aromatic heterocycles. The number of rotatable bonds is 3. The summed E-state index contributed by atoms with van der Waals surface area (Å²) in [5.74, 6) is 0. The summed E-state index contributed by atoms with van der Waals surface area (Å²) in [6.07, 6.45) is 0. The number of fused-ring (bicyclic) bond motifs is 1. The van der Waals surface area contributed by atoms with Crippen LogP contribution in [0.5, 0.6) is 0 Å². The van der Waals surface area contributed by atoms with E-state index in [0.717, 1.165) is 33.5 Å². The lowest BCUT2D eigenvalue weighted by molar-refractivity contribution is 1.38. The Morgan fingerprint density at radius 3 is 2.25 bits per heavy atom. The summed E-state index contributed by atoms with van der Waals surface area (Å²) >= 11 is 0. The minimum absolute atomic E-state index is 0.977. The molecule has 0 spiro atoms. The van der Waals surface area contributed by atoms with Crippen LogP contribution in [-0.4, -0.2) is 4.98 Å². The van der Waals surface area contributed by atoms with Gasteiger partial charge in [0.05, 0.1) is 16.9 Å². The zero-order chi connectivity index (χ0) is 16.4. The van der Waals surface area contributed by atoms with Crippen molar-refractivity contribution in [2.75, 3.05) is 5.32 Å². The number of nitrogens with zero attached hydrogens (tertiary/aromatic N) is 1. The molecule has 24 heavy (non-hydrogen) atoms. The first-order chi connectivity index (χ1) is 11.8. The van der Waals surface area contributed by atoms with Gasteiger partial charge in [-0.05, 0) is 30.7 Å². The fourth-order valence-electron chi connectivity index (χ4n) is 2.89. The van der Waals surface area contributed by atoms with Gasteiger partial charge in [-0.2, -0.15) is 0 Å². The van der Waals surface area contributed by atoms with Gasteiger partial charge in [0.1, 0.15) is 0 Å². The molecule has 2 nitrogen and oxygen atoms in total. The molecule has 0 atom stereocenters. The number of aryl methyl sites for hydroxylation is 1. The highest BCUT2D eigenvalue weighted by Crippen LogP contribution is 2.31. The summed E-state index contributed by atoms with van der Waals surface area (Å²) in [5.41, 5.74) is 6.51. The van der Waals surface area contributed by atoms with E-state index in [1.807, 2.05) is 24.3 Å². The van der Waals surface area contributed by atoms with Crippen LogP contribution in [0.2, 0.25) is 0 Å². The predicted octanol–water partition coefficient (Wildman–Crippen LogP) is 5.95. The van der Waals surface area contributed by atoms with Crippen molar-refractivity contribution in [2.45, 2.75) is 6.92 Å². The van der Waals surface area contributed by atoms with Crippen LogP contribution in [0.1, 0.15) is 5.56 Å². The highest BCUT2D eigenvalue weighted by atomic mass is 14.9. The molecular formula is C22H18N2. The van der Waals surface area contributed by atoms with Gasteiger partial charge in [0.25, 0.3) is 0 Å². The van der Waals surface area contributed by atoms with E-state index in [2.05, 4.69) is 72.9 Å². The molecule has 116 valence electrons. The van der Waals surface area contributed by atoms with Crippen LogP contribution < -0.4 is 5.32 Å². The number of hydrogen-bond donors (Lipinski definition) is 1. The van der Waals surface area contributed by atoms with Crippen LogP contribution in [0.4, 0.5) is 11.4 Å². The number of benzene rings is 3. The van der Waals surface area contributed by atoms with Crippen molar-refractivity contribution < 1.29 is 0 Å². The van der Waals surface area contributed by atoms with Crippen molar-refractivity contribution >= 4 is 22.3 Å². The third-order valence-corrected chi connectivity index (χ3v) is 4.20. The van der Waals surface area contributed by atoms with Crippen LogP contribution in [0, 0.1) is 6.92 Å². The molecule has 0 aliphatic rings. The lowest BCUT2D eigenvalue weighted by Crippen LogP contribution is -1.96. The van der Waals surface area contributed by atoms with Gasteiger partial charge >= 0.3 is 0 Å². The Bertz CT molecular complexity index is 991. The zero-order valence-electron chi connectivity index (χ0n) is 13.5. The van der Waals surface area contributed by atoms with Gasteiger partial charge in [-0.1, -0.05) is 66.7 Å². The molecule has 1 N–H and O–H groups in total. The van der Waals surface area contributed by atoms with E-state index in [9.17, 15) is 0 Å². The minimum Gasteiger partial charge on any atom is -0.355 e. The van der Waals surface area contributed by atoms with Gasteiger partial charge in [-0.15, -0.1) is 0 Å². The van der Waals surface area contributed by atoms with Gasteiger partial charge in [0.2, 0.25) is 0 Å². The Kier molecular flexibility index (Phi) is 3.72. The summed E-state index contributed by atoms with van der Waals surface area (Å²) in [7, 11) is 0. The molecule has 0 saturated carbocycles. The summed E-state index contributed by atoms with van der Waals surface area (Å²) in [4.78, 5) is 4.83. The number of nitrogens with one attached hydrogen (secondary N) is 1. The van der Waals surface area contributed by atoms with Gasteiger partial charge in [-0.25, -0.2) is 4.98 Å². The number of anilines is 2. The minimum atomic E-state index is 0.977. The molecule has 0 aliphatic carbocycles. The first-order valence-electron chi connectivity index (χ1n) is 8.09. The Labute approximate surface area is 141 Å². The van der Waals surface area contributed by atoms with E-state index < -0.39 is 0 Å². The SMILES string of the molecule is Cc1ccccc1Nc1cc(-c2ccccc2)nc2ccccc12. The molecule has 2 heteroatoms. The van der Waals surface area contributed by atoms with Crippen molar-refractivity contribution in [1.82, 2.24) is 4.98 Å². The maximum absolute atomic E-state index is 4.83. The first kappa shape index (κ1) is 14.5. The van der Waals surface area contributed by atoms with Crippen molar-refractivity contribution in [1.29, 1.82) is 0 Å². The second-order valence-electron chi connectivity index (χ2n) is 5.88. The van der Waals surface area contributed by atoms with Gasteiger partial charge in [0, 0.05) is 16.6 Å². The van der Waals surface area contributed by atoms with Gasteiger partial charge < -0.3 is 5.32 Å². The fourth-order valence-corrected chi connectivity index (χ4v) is 2.89. The quantitative estimate of drug-likeness (QED) is 0.505. The van der Waals surface area contributed by atoms with E-state index in [1.54, 1.807) is 0 Å². The predicted molar refractivity (Wildman–Crippen MR) is 102 cm³/mol. The molecule has 4 aromatic rings. The third-order valence-electron chi connectivity index (χ3n) is 4.20. The van der Waals surface area contributed by atoms with Crippen LogP contribution in [0.25, 0.3) is 22.2 Å². The van der Waals surface area contributed by atoms with Gasteiger partial charge in [-0.3, -0.25) is 0 Å². The number of hydrogen-bond acceptors (Lipinski definition) is 2. The molecule has 0 radical (unpaired) electrons. The largest absolute Gasteiger partial charge is 0.355 e. The van der Waals surface area contributed by atoms with Crippen molar-refractivity contribution in [2.24, 2.45) is 0 Å². The smallest absolute Gasteiger partial charge is 0.0730 e. The molecule has 1 heterocycles. The molecule has 0 amide bonds. The molecule has 0 saturated heterocycles. The van der Waals surface area contributed by atoms with Crippen LogP contribution in [0.15, 0.2) is 84.9 Å². The zero-order valence-corrected chi connectivity index (χ0v) is 13.5. The van der Waals surface area contributed by atoms with Crippen molar-refractivity contribution in [3.05, 3.63) is 90.5 Å². The summed E-state index contributed by atoms with van der Waals surface area (Å²) in [6, 6.07) is 29.0. The van der Waals surface area contributed by atoms with E-state index in [4.69, 9.17) is 4.98 Å². The van der Waals surface area contributed by atoms with Gasteiger partial charge in [0.15, 0.2) is 0 Å². The Morgan fingerprint density at radius 2 is 1.42 bits per heavy atom. The van der Waals surface area contributed by atoms with Crippen LogP contribution >= 0.6 is 0 Å². The van der Waals surface area contributed by atoms with E-state index in [1.165, 1.54) is 5.56 Å². The summed E-state index contributed by atoms with van der Waals surface area (Å²) in [6.45, 7) is 2.11. The summed E-state index contributed by atoms with van der Waals surface area (Å²) < 4.78 is 0. The number of aromatic nitrogens is 1. The average molecular weight is 310 g/mol. The van der Waals surface area contributed by atoms with Crippen LogP contribution in [0.3, 0.4) is 0 Å². The number of pyridine rings is 1. The standard InChI is InChI=1S/C22H18N2/c1-16-9-5-7-13-19(16)23-22-15-21(17-10-3-2-4-11-17)24-20-14-8-6-12-18(20)22/h2-15H,1H3,(H,23,24). The highest BCUT2D eigenvalue weighted by molar-refractivity contribution is 5.95. The topological polar surface area (TPSA) is 24.9 Å². The molecular weight excluding hydrogens is 292 g/mol. The number of para-hydroxylation sites is 2. The molecule has 0 bridgehead atoms. The summed E-state index contributed by atoms with van der Waals surface area (Å²) in [5, 5.41) is 4.71. The average Bonchev–Trinajstić information content (AvgIpc) is 2.64. The maximum Gasteiger partial charge on any atom is 0.0730 e. The first-order valence-corrected chi connectivity index (χ1v) is 8.09. The van der Waals surface area contributed by atoms with Crippen molar-refractivity contribution in [3.63, 3.8) is 0 Å². The monoisotopic (exact) mass is 310 g/mol. The van der Waals surface area contributed by atoms with Crippen molar-refractivity contribution in [3.8, 4) is 11.3 Å². The fraction of sp³-hybridized carbons (Fsp3) is 0.0455. The molecule has 3 aromatic carbocycles. The second-order valence-corrected chi connectivity index (χ2v) is 5.88. The highest BCUT2D eigenvalue weighted by Gasteiger charge is 2.08.